The van der Waals surface area contributed by atoms with Crippen molar-refractivity contribution in [3.8, 4) is 11.5 Å². The lowest BCUT2D eigenvalue weighted by atomic mass is 10.1. The topological polar surface area (TPSA) is 27.7 Å². The van der Waals surface area contributed by atoms with Crippen molar-refractivity contribution in [2.24, 2.45) is 0 Å². The summed E-state index contributed by atoms with van der Waals surface area (Å²) < 4.78 is 16.6. The first kappa shape index (κ1) is 15.4. The first-order chi connectivity index (χ1) is 10.3. The van der Waals surface area contributed by atoms with Crippen molar-refractivity contribution in [1.29, 1.82) is 0 Å². The fourth-order valence-electron chi connectivity index (χ4n) is 1.96. The smallest absolute Gasteiger partial charge is 0.200 e. The van der Waals surface area contributed by atoms with E-state index in [1.807, 2.05) is 49.4 Å². The van der Waals surface area contributed by atoms with Crippen LogP contribution in [0.1, 0.15) is 25.8 Å². The predicted molar refractivity (Wildman–Crippen MR) is 83.5 cm³/mol. The third-order valence-corrected chi connectivity index (χ3v) is 3.04. The van der Waals surface area contributed by atoms with Gasteiger partial charge in [0.05, 0.1) is 0 Å². The molecule has 1 atom stereocenters. The van der Waals surface area contributed by atoms with Gasteiger partial charge in [0.2, 0.25) is 6.29 Å². The van der Waals surface area contributed by atoms with Gasteiger partial charge in [-0.05, 0) is 43.2 Å². The molecule has 0 saturated heterocycles. The van der Waals surface area contributed by atoms with Gasteiger partial charge in [-0.15, -0.1) is 0 Å². The summed E-state index contributed by atoms with van der Waals surface area (Å²) in [4.78, 5) is 0. The van der Waals surface area contributed by atoms with E-state index in [0.717, 1.165) is 24.3 Å². The van der Waals surface area contributed by atoms with E-state index in [1.165, 1.54) is 5.56 Å². The van der Waals surface area contributed by atoms with E-state index in [0.29, 0.717) is 0 Å². The number of aryl methyl sites for hydroxylation is 1. The van der Waals surface area contributed by atoms with Crippen molar-refractivity contribution >= 4 is 0 Å². The summed E-state index contributed by atoms with van der Waals surface area (Å²) in [6, 6.07) is 17.7. The molecule has 112 valence electrons. The Kier molecular flexibility index (Phi) is 6.10. The molecule has 0 aliphatic rings. The van der Waals surface area contributed by atoms with Crippen molar-refractivity contribution in [3.05, 3.63) is 60.2 Å². The van der Waals surface area contributed by atoms with Crippen LogP contribution in [-0.4, -0.2) is 13.1 Å². The van der Waals surface area contributed by atoms with E-state index in [9.17, 15) is 0 Å². The Morgan fingerprint density at radius 3 is 2.29 bits per heavy atom. The Bertz CT molecular complexity index is 508. The van der Waals surface area contributed by atoms with Crippen LogP contribution in [0.25, 0.3) is 0 Å². The molecule has 2 rings (SSSR count). The minimum Gasteiger partial charge on any atom is -0.467 e. The van der Waals surface area contributed by atoms with Gasteiger partial charge in [0.15, 0.2) is 6.79 Å². The minimum atomic E-state index is -0.356. The van der Waals surface area contributed by atoms with E-state index in [2.05, 4.69) is 19.1 Å². The zero-order valence-corrected chi connectivity index (χ0v) is 12.6. The molecule has 0 saturated carbocycles. The molecule has 3 heteroatoms. The highest BCUT2D eigenvalue weighted by Gasteiger charge is 2.04. The van der Waals surface area contributed by atoms with Gasteiger partial charge in [-0.1, -0.05) is 43.7 Å². The van der Waals surface area contributed by atoms with Gasteiger partial charge in [0.1, 0.15) is 11.5 Å². The number of para-hydroxylation sites is 1. The number of hydrogen-bond acceptors (Lipinski definition) is 3. The highest BCUT2D eigenvalue weighted by molar-refractivity contribution is 5.27. The number of benzene rings is 2. The maximum absolute atomic E-state index is 5.68. The van der Waals surface area contributed by atoms with Crippen molar-refractivity contribution in [2.45, 2.75) is 33.0 Å². The molecule has 0 aromatic heterocycles. The van der Waals surface area contributed by atoms with Crippen LogP contribution >= 0.6 is 0 Å². The second-order valence-electron chi connectivity index (χ2n) is 4.82. The quantitative estimate of drug-likeness (QED) is 0.672. The Balaban J connectivity index is 1.72. The third kappa shape index (κ3) is 5.48. The summed E-state index contributed by atoms with van der Waals surface area (Å²) in [6.45, 7) is 4.19. The number of ether oxygens (including phenoxy) is 3. The predicted octanol–water partition coefficient (Wildman–Crippen LogP) is 4.42. The largest absolute Gasteiger partial charge is 0.467 e. The Labute approximate surface area is 126 Å². The molecule has 2 aromatic rings. The van der Waals surface area contributed by atoms with Crippen LogP contribution in [0.5, 0.6) is 11.5 Å². The van der Waals surface area contributed by atoms with E-state index in [4.69, 9.17) is 14.2 Å². The van der Waals surface area contributed by atoms with Crippen LogP contribution in [0.3, 0.4) is 0 Å². The molecule has 0 N–H and O–H groups in total. The third-order valence-electron chi connectivity index (χ3n) is 3.04. The highest BCUT2D eigenvalue weighted by atomic mass is 16.7. The van der Waals surface area contributed by atoms with Crippen LogP contribution in [0, 0.1) is 0 Å². The van der Waals surface area contributed by atoms with Gasteiger partial charge in [-0.25, -0.2) is 0 Å². The SMILES string of the molecule is CCCc1ccc(OC(C)OCOc2ccccc2)cc1. The summed E-state index contributed by atoms with van der Waals surface area (Å²) in [6.07, 6.45) is 1.89. The van der Waals surface area contributed by atoms with Gasteiger partial charge in [0.25, 0.3) is 0 Å². The normalized spacial score (nSPS) is 11.9. The summed E-state index contributed by atoms with van der Waals surface area (Å²) in [5.41, 5.74) is 1.32. The summed E-state index contributed by atoms with van der Waals surface area (Å²) in [5.74, 6) is 1.59. The summed E-state index contributed by atoms with van der Waals surface area (Å²) >= 11 is 0. The van der Waals surface area contributed by atoms with Crippen molar-refractivity contribution in [3.63, 3.8) is 0 Å². The second-order valence-corrected chi connectivity index (χ2v) is 4.82. The zero-order chi connectivity index (χ0) is 14.9. The van der Waals surface area contributed by atoms with Gasteiger partial charge in [0, 0.05) is 0 Å². The minimum absolute atomic E-state index is 0.166. The van der Waals surface area contributed by atoms with Crippen molar-refractivity contribution in [1.82, 2.24) is 0 Å². The molecule has 0 fully saturated rings. The Morgan fingerprint density at radius 1 is 0.905 bits per heavy atom. The number of hydrogen-bond donors (Lipinski definition) is 0. The molecule has 0 aliphatic heterocycles. The second kappa shape index (κ2) is 8.32. The Hall–Kier alpha value is -2.00. The van der Waals surface area contributed by atoms with Crippen LogP contribution in [0.15, 0.2) is 54.6 Å². The molecular formula is C18H22O3. The van der Waals surface area contributed by atoms with Crippen LogP contribution in [0.2, 0.25) is 0 Å². The van der Waals surface area contributed by atoms with Crippen molar-refractivity contribution in [2.75, 3.05) is 6.79 Å². The zero-order valence-electron chi connectivity index (χ0n) is 12.6. The molecular weight excluding hydrogens is 264 g/mol. The van der Waals surface area contributed by atoms with Crippen LogP contribution in [-0.2, 0) is 11.2 Å². The first-order valence-corrected chi connectivity index (χ1v) is 7.33. The average molecular weight is 286 g/mol. The van der Waals surface area contributed by atoms with Gasteiger partial charge >= 0.3 is 0 Å². The molecule has 1 unspecified atom stereocenters. The first-order valence-electron chi connectivity index (χ1n) is 7.33. The highest BCUT2D eigenvalue weighted by Crippen LogP contribution is 2.15. The fraction of sp³-hybridized carbons (Fsp3) is 0.333. The maximum atomic E-state index is 5.68. The molecule has 0 aliphatic carbocycles. The average Bonchev–Trinajstić information content (AvgIpc) is 2.51. The molecule has 3 nitrogen and oxygen atoms in total. The Morgan fingerprint density at radius 2 is 1.62 bits per heavy atom. The van der Waals surface area contributed by atoms with Crippen molar-refractivity contribution < 1.29 is 14.2 Å². The molecule has 0 spiro atoms. The van der Waals surface area contributed by atoms with Crippen LogP contribution in [0.4, 0.5) is 0 Å². The van der Waals surface area contributed by atoms with Gasteiger partial charge < -0.3 is 14.2 Å². The van der Waals surface area contributed by atoms with Gasteiger partial charge in [-0.2, -0.15) is 0 Å². The molecule has 0 bridgehead atoms. The van der Waals surface area contributed by atoms with E-state index < -0.39 is 0 Å². The molecule has 21 heavy (non-hydrogen) atoms. The fourth-order valence-corrected chi connectivity index (χ4v) is 1.96. The van der Waals surface area contributed by atoms with E-state index >= 15 is 0 Å². The molecule has 2 aromatic carbocycles. The lowest BCUT2D eigenvalue weighted by Gasteiger charge is -2.16. The van der Waals surface area contributed by atoms with Gasteiger partial charge in [-0.3, -0.25) is 0 Å². The standard InChI is InChI=1S/C18H22O3/c1-3-7-16-10-12-18(13-11-16)21-15(2)19-14-20-17-8-5-4-6-9-17/h4-6,8-13,15H,3,7,14H2,1-2H3. The molecule has 0 radical (unpaired) electrons. The number of rotatable bonds is 8. The maximum Gasteiger partial charge on any atom is 0.200 e. The van der Waals surface area contributed by atoms with Crippen LogP contribution < -0.4 is 9.47 Å². The van der Waals surface area contributed by atoms with E-state index in [1.54, 1.807) is 0 Å². The molecule has 0 amide bonds. The summed E-state index contributed by atoms with van der Waals surface area (Å²) in [7, 11) is 0. The lowest BCUT2D eigenvalue weighted by Crippen LogP contribution is -2.19. The summed E-state index contributed by atoms with van der Waals surface area (Å²) in [5, 5.41) is 0. The monoisotopic (exact) mass is 286 g/mol. The lowest BCUT2D eigenvalue weighted by molar-refractivity contribution is -0.116. The molecule has 0 heterocycles. The van der Waals surface area contributed by atoms with E-state index in [-0.39, 0.29) is 13.1 Å².